The summed E-state index contributed by atoms with van der Waals surface area (Å²) in [5.41, 5.74) is 0.478. The fourth-order valence-electron chi connectivity index (χ4n) is 2.27. The molecule has 0 saturated heterocycles. The summed E-state index contributed by atoms with van der Waals surface area (Å²) >= 11 is 0. The van der Waals surface area contributed by atoms with Gasteiger partial charge in [0.05, 0.1) is 25.4 Å². The predicted octanol–water partition coefficient (Wildman–Crippen LogP) is 3.50. The third-order valence-corrected chi connectivity index (χ3v) is 3.29. The molecule has 0 saturated carbocycles. The highest BCUT2D eigenvalue weighted by atomic mass is 16.6. The molecular formula is C19H31NO4. The molecule has 0 spiro atoms. The van der Waals surface area contributed by atoms with Crippen LogP contribution in [0.1, 0.15) is 46.6 Å². The molecule has 0 aliphatic heterocycles. The lowest BCUT2D eigenvalue weighted by molar-refractivity contribution is -0.000794. The molecule has 0 aliphatic carbocycles. The molecule has 0 unspecified atom stereocenters. The average molecular weight is 337 g/mol. The van der Waals surface area contributed by atoms with Crippen molar-refractivity contribution < 1.29 is 19.4 Å². The Morgan fingerprint density at radius 3 is 2.38 bits per heavy atom. The zero-order valence-electron chi connectivity index (χ0n) is 15.4. The van der Waals surface area contributed by atoms with Gasteiger partial charge in [0.1, 0.15) is 5.60 Å². The number of rotatable bonds is 8. The van der Waals surface area contributed by atoms with Gasteiger partial charge in [0.15, 0.2) is 0 Å². The minimum atomic E-state index is -0.788. The molecule has 0 bridgehead atoms. The summed E-state index contributed by atoms with van der Waals surface area (Å²) in [6, 6.07) is 9.37. The number of amides is 1. The lowest BCUT2D eigenvalue weighted by Gasteiger charge is -2.27. The number of aliphatic hydroxyl groups excluding tert-OH is 1. The highest BCUT2D eigenvalue weighted by Gasteiger charge is 2.25. The van der Waals surface area contributed by atoms with E-state index in [4.69, 9.17) is 9.47 Å². The second-order valence-corrected chi connectivity index (χ2v) is 7.45. The second kappa shape index (κ2) is 9.64. The van der Waals surface area contributed by atoms with Gasteiger partial charge in [0.2, 0.25) is 0 Å². The Hall–Kier alpha value is -1.59. The van der Waals surface area contributed by atoms with Crippen molar-refractivity contribution >= 4 is 6.09 Å². The average Bonchev–Trinajstić information content (AvgIpc) is 2.45. The van der Waals surface area contributed by atoms with E-state index in [-0.39, 0.29) is 6.61 Å². The molecule has 0 aromatic heterocycles. The van der Waals surface area contributed by atoms with E-state index in [1.54, 1.807) is 0 Å². The maximum absolute atomic E-state index is 12.0. The van der Waals surface area contributed by atoms with Gasteiger partial charge in [0, 0.05) is 0 Å². The highest BCUT2D eigenvalue weighted by Crippen LogP contribution is 2.12. The molecule has 0 heterocycles. The van der Waals surface area contributed by atoms with E-state index in [9.17, 15) is 9.90 Å². The van der Waals surface area contributed by atoms with Crippen LogP contribution < -0.4 is 5.32 Å². The number of aliphatic hydroxyl groups is 1. The molecule has 0 aliphatic rings. The Bertz CT molecular complexity index is 482. The summed E-state index contributed by atoms with van der Waals surface area (Å²) < 4.78 is 10.9. The van der Waals surface area contributed by atoms with E-state index in [1.165, 1.54) is 0 Å². The predicted molar refractivity (Wildman–Crippen MR) is 94.7 cm³/mol. The van der Waals surface area contributed by atoms with Crippen LogP contribution in [0.5, 0.6) is 0 Å². The third kappa shape index (κ3) is 8.89. The molecule has 136 valence electrons. The molecule has 1 rings (SSSR count). The van der Waals surface area contributed by atoms with E-state index in [0.29, 0.717) is 18.9 Å². The molecule has 5 nitrogen and oxygen atoms in total. The van der Waals surface area contributed by atoms with Crippen molar-refractivity contribution in [1.82, 2.24) is 5.32 Å². The van der Waals surface area contributed by atoms with Crippen LogP contribution in [0.4, 0.5) is 4.79 Å². The first kappa shape index (κ1) is 20.5. The van der Waals surface area contributed by atoms with Crippen LogP contribution in [0.2, 0.25) is 0 Å². The SMILES string of the molecule is CC(C)C[C@H](NC(=O)OC(C)(C)C)[C@H](O)COCc1ccccc1. The quantitative estimate of drug-likeness (QED) is 0.762. The lowest BCUT2D eigenvalue weighted by Crippen LogP contribution is -2.47. The summed E-state index contributed by atoms with van der Waals surface area (Å²) in [4.78, 5) is 12.0. The van der Waals surface area contributed by atoms with E-state index in [1.807, 2.05) is 65.0 Å². The van der Waals surface area contributed by atoms with Gasteiger partial charge in [-0.05, 0) is 38.7 Å². The minimum absolute atomic E-state index is 0.155. The van der Waals surface area contributed by atoms with Gasteiger partial charge < -0.3 is 19.9 Å². The fraction of sp³-hybridized carbons (Fsp3) is 0.632. The van der Waals surface area contributed by atoms with Crippen LogP contribution in [0, 0.1) is 5.92 Å². The smallest absolute Gasteiger partial charge is 0.407 e. The Morgan fingerprint density at radius 2 is 1.83 bits per heavy atom. The molecule has 5 heteroatoms. The largest absolute Gasteiger partial charge is 0.444 e. The standard InChI is InChI=1S/C19H31NO4/c1-14(2)11-16(20-18(22)24-19(3,4)5)17(21)13-23-12-15-9-7-6-8-10-15/h6-10,14,16-17,21H,11-13H2,1-5H3,(H,20,22)/t16-,17+/m0/s1. The molecule has 1 amide bonds. The van der Waals surface area contributed by atoms with Crippen molar-refractivity contribution in [3.63, 3.8) is 0 Å². The number of hydrogen-bond donors (Lipinski definition) is 2. The van der Waals surface area contributed by atoms with E-state index < -0.39 is 23.8 Å². The first-order valence-electron chi connectivity index (χ1n) is 8.46. The van der Waals surface area contributed by atoms with Crippen LogP contribution in [0.25, 0.3) is 0 Å². The summed E-state index contributed by atoms with van der Waals surface area (Å²) in [6.07, 6.45) is -0.659. The molecule has 1 aromatic carbocycles. The number of benzene rings is 1. The number of carbonyl (C=O) groups is 1. The van der Waals surface area contributed by atoms with Crippen LogP contribution >= 0.6 is 0 Å². The van der Waals surface area contributed by atoms with E-state index in [2.05, 4.69) is 5.32 Å². The summed E-state index contributed by atoms with van der Waals surface area (Å²) in [5.74, 6) is 0.328. The van der Waals surface area contributed by atoms with Crippen LogP contribution in [-0.4, -0.2) is 35.6 Å². The number of carbonyl (C=O) groups excluding carboxylic acids is 1. The number of ether oxygens (including phenoxy) is 2. The Morgan fingerprint density at radius 1 is 1.21 bits per heavy atom. The van der Waals surface area contributed by atoms with Crippen molar-refractivity contribution in [2.24, 2.45) is 5.92 Å². The molecule has 2 N–H and O–H groups in total. The number of hydrogen-bond acceptors (Lipinski definition) is 4. The van der Waals surface area contributed by atoms with Gasteiger partial charge in [-0.3, -0.25) is 0 Å². The first-order chi connectivity index (χ1) is 11.2. The summed E-state index contributed by atoms with van der Waals surface area (Å²) in [6.45, 7) is 10.1. The highest BCUT2D eigenvalue weighted by molar-refractivity contribution is 5.68. The lowest BCUT2D eigenvalue weighted by atomic mass is 9.99. The third-order valence-electron chi connectivity index (χ3n) is 3.29. The van der Waals surface area contributed by atoms with Gasteiger partial charge in [-0.15, -0.1) is 0 Å². The van der Waals surface area contributed by atoms with Crippen molar-refractivity contribution in [2.45, 2.75) is 65.4 Å². The van der Waals surface area contributed by atoms with E-state index in [0.717, 1.165) is 5.56 Å². The number of nitrogens with one attached hydrogen (secondary N) is 1. The van der Waals surface area contributed by atoms with Crippen LogP contribution in [-0.2, 0) is 16.1 Å². The van der Waals surface area contributed by atoms with E-state index >= 15 is 0 Å². The van der Waals surface area contributed by atoms with Crippen LogP contribution in [0.3, 0.4) is 0 Å². The topological polar surface area (TPSA) is 67.8 Å². The monoisotopic (exact) mass is 337 g/mol. The van der Waals surface area contributed by atoms with Gasteiger partial charge in [-0.2, -0.15) is 0 Å². The fourth-order valence-corrected chi connectivity index (χ4v) is 2.27. The molecule has 0 radical (unpaired) electrons. The van der Waals surface area contributed by atoms with Crippen LogP contribution in [0.15, 0.2) is 30.3 Å². The molecule has 1 aromatic rings. The van der Waals surface area contributed by atoms with Crippen molar-refractivity contribution in [3.05, 3.63) is 35.9 Å². The normalized spacial score (nSPS) is 14.3. The minimum Gasteiger partial charge on any atom is -0.444 e. The zero-order chi connectivity index (χ0) is 18.2. The Balaban J connectivity index is 2.51. The summed E-state index contributed by atoms with van der Waals surface area (Å²) in [5, 5.41) is 13.1. The summed E-state index contributed by atoms with van der Waals surface area (Å²) in [7, 11) is 0. The molecular weight excluding hydrogens is 306 g/mol. The van der Waals surface area contributed by atoms with Crippen molar-refractivity contribution in [3.8, 4) is 0 Å². The van der Waals surface area contributed by atoms with Gasteiger partial charge in [0.25, 0.3) is 0 Å². The first-order valence-corrected chi connectivity index (χ1v) is 8.46. The molecule has 0 fully saturated rings. The second-order valence-electron chi connectivity index (χ2n) is 7.45. The Labute approximate surface area is 145 Å². The Kier molecular flexibility index (Phi) is 8.22. The van der Waals surface area contributed by atoms with Gasteiger partial charge in [-0.25, -0.2) is 4.79 Å². The van der Waals surface area contributed by atoms with Gasteiger partial charge in [-0.1, -0.05) is 44.2 Å². The number of alkyl carbamates (subject to hydrolysis) is 1. The maximum Gasteiger partial charge on any atom is 0.407 e. The maximum atomic E-state index is 12.0. The van der Waals surface area contributed by atoms with Crippen molar-refractivity contribution in [2.75, 3.05) is 6.61 Å². The molecule has 24 heavy (non-hydrogen) atoms. The van der Waals surface area contributed by atoms with Crippen molar-refractivity contribution in [1.29, 1.82) is 0 Å². The zero-order valence-corrected chi connectivity index (χ0v) is 15.4. The van der Waals surface area contributed by atoms with Gasteiger partial charge >= 0.3 is 6.09 Å². The molecule has 2 atom stereocenters.